The number of aryl methyl sites for hydroxylation is 1. The molecule has 322 valence electrons. The van der Waals surface area contributed by atoms with Gasteiger partial charge < -0.3 is 28.2 Å². The fraction of sp³-hybridized carbons (Fsp3) is 0.372. The van der Waals surface area contributed by atoms with Crippen LogP contribution < -0.4 is 35.5 Å². The number of hydrogen-bond acceptors (Lipinski definition) is 11. The molecule has 0 spiro atoms. The fourth-order valence-electron chi connectivity index (χ4n) is 5.92. The van der Waals surface area contributed by atoms with Crippen LogP contribution in [-0.2, 0) is 41.2 Å². The Labute approximate surface area is 344 Å². The van der Waals surface area contributed by atoms with Crippen LogP contribution in [0.4, 0.5) is 19.1 Å². The molecule has 0 saturated carbocycles. The Morgan fingerprint density at radius 3 is 2.07 bits per heavy atom. The standard InChI is InChI=1S/C25H25F3N2O6.C18H24N2O4/c1-5-16-6-7-17(20(12-16)36-15(2)23(32)34-4)14-35-19-10-8-18(9-11-19)30-22(31)13-21(25(26,27)28)29(3)24(30)33;1-6-18(3,7-2)14-11-15(24-20-14)19-17(21)16-12(22-4)9-8-10-13(16)23-5/h6-13,15H,5,14H2,1-4H3;8-11H,6-7H2,1-5H3,(H,19,21). The number of aromatic nitrogens is 3. The molecule has 0 radical (unpaired) electrons. The summed E-state index contributed by atoms with van der Waals surface area (Å²) in [7, 11) is 5.23. The van der Waals surface area contributed by atoms with Crippen LogP contribution in [0.1, 0.15) is 80.3 Å². The van der Waals surface area contributed by atoms with Crippen LogP contribution >= 0.6 is 0 Å². The SMILES string of the molecule is CCC(C)(CC)c1cc(NC(=O)c2c(OC)cccc2OC)on1.CCc1ccc(COc2ccc(-n3c(=O)cc(C(F)(F)F)n(C)c3=O)cc2)c(OC(C)C(=O)OC)c1. The lowest BCUT2D eigenvalue weighted by molar-refractivity contribution is -0.148. The Balaban J connectivity index is 0.000000287. The van der Waals surface area contributed by atoms with Crippen molar-refractivity contribution in [1.82, 2.24) is 14.3 Å². The van der Waals surface area contributed by atoms with Crippen molar-refractivity contribution in [2.24, 2.45) is 7.05 Å². The first kappa shape index (κ1) is 46.2. The van der Waals surface area contributed by atoms with Gasteiger partial charge in [-0.1, -0.05) is 51.1 Å². The number of carbonyl (C=O) groups excluding carboxylic acids is 2. The molecule has 60 heavy (non-hydrogen) atoms. The maximum atomic E-state index is 13.1. The number of ether oxygens (including phenoxy) is 5. The third-order valence-corrected chi connectivity index (χ3v) is 10.1. The molecule has 0 fully saturated rings. The monoisotopic (exact) mass is 838 g/mol. The Bertz CT molecular complexity index is 2360. The van der Waals surface area contributed by atoms with Crippen molar-refractivity contribution in [3.05, 3.63) is 122 Å². The van der Waals surface area contributed by atoms with Crippen LogP contribution in [-0.4, -0.2) is 53.6 Å². The van der Waals surface area contributed by atoms with Crippen molar-refractivity contribution < 1.29 is 51.0 Å². The van der Waals surface area contributed by atoms with Gasteiger partial charge in [-0.2, -0.15) is 13.2 Å². The Morgan fingerprint density at radius 2 is 1.52 bits per heavy atom. The summed E-state index contributed by atoms with van der Waals surface area (Å²) < 4.78 is 72.3. The molecule has 2 aromatic heterocycles. The Hall–Kier alpha value is -6.52. The van der Waals surface area contributed by atoms with Gasteiger partial charge >= 0.3 is 17.8 Å². The van der Waals surface area contributed by atoms with Crippen LogP contribution in [0.3, 0.4) is 0 Å². The van der Waals surface area contributed by atoms with Crippen molar-refractivity contribution in [2.75, 3.05) is 26.6 Å². The van der Waals surface area contributed by atoms with Gasteiger partial charge in [0.25, 0.3) is 11.5 Å². The van der Waals surface area contributed by atoms with E-state index in [2.05, 4.69) is 31.2 Å². The molecule has 5 aromatic rings. The molecular weight excluding hydrogens is 789 g/mol. The van der Waals surface area contributed by atoms with Crippen LogP contribution in [0.25, 0.3) is 5.69 Å². The molecule has 0 saturated heterocycles. The van der Waals surface area contributed by atoms with Crippen LogP contribution in [0, 0.1) is 0 Å². The molecule has 1 amide bonds. The normalized spacial score (nSPS) is 11.8. The zero-order valence-corrected chi connectivity index (χ0v) is 34.9. The van der Waals surface area contributed by atoms with Crippen molar-refractivity contribution in [1.29, 1.82) is 0 Å². The average Bonchev–Trinajstić information content (AvgIpc) is 3.72. The number of rotatable bonds is 15. The summed E-state index contributed by atoms with van der Waals surface area (Å²) in [6, 6.07) is 18.6. The van der Waals surface area contributed by atoms with E-state index in [9.17, 15) is 32.3 Å². The van der Waals surface area contributed by atoms with Gasteiger partial charge in [0.15, 0.2) is 6.10 Å². The third-order valence-electron chi connectivity index (χ3n) is 10.1. The van der Waals surface area contributed by atoms with E-state index in [4.69, 9.17) is 28.2 Å². The maximum Gasteiger partial charge on any atom is 0.431 e. The predicted molar refractivity (Wildman–Crippen MR) is 216 cm³/mol. The molecule has 1 atom stereocenters. The lowest BCUT2D eigenvalue weighted by atomic mass is 9.81. The molecule has 5 rings (SSSR count). The summed E-state index contributed by atoms with van der Waals surface area (Å²) >= 11 is 0. The number of nitrogens with zero attached hydrogens (tertiary/aromatic N) is 3. The number of amides is 1. The first-order valence-electron chi connectivity index (χ1n) is 18.9. The smallest absolute Gasteiger partial charge is 0.431 e. The lowest BCUT2D eigenvalue weighted by Gasteiger charge is -2.22. The molecule has 1 N–H and O–H groups in total. The quantitative estimate of drug-likeness (QED) is 0.103. The predicted octanol–water partition coefficient (Wildman–Crippen LogP) is 7.66. The maximum absolute atomic E-state index is 13.1. The van der Waals surface area contributed by atoms with E-state index in [-0.39, 0.29) is 23.6 Å². The van der Waals surface area contributed by atoms with E-state index >= 15 is 0 Å². The minimum Gasteiger partial charge on any atom is -0.496 e. The molecule has 3 aromatic carbocycles. The molecule has 0 aliphatic rings. The molecule has 1 unspecified atom stereocenters. The minimum atomic E-state index is -4.84. The highest BCUT2D eigenvalue weighted by Crippen LogP contribution is 2.33. The highest BCUT2D eigenvalue weighted by molar-refractivity contribution is 6.07. The zero-order chi connectivity index (χ0) is 44.4. The number of esters is 1. The second kappa shape index (κ2) is 20.0. The number of nitrogens with one attached hydrogen (secondary N) is 1. The molecule has 0 aliphatic heterocycles. The van der Waals surface area contributed by atoms with Crippen molar-refractivity contribution in [3.8, 4) is 28.7 Å². The van der Waals surface area contributed by atoms with E-state index in [1.807, 2.05) is 25.1 Å². The summed E-state index contributed by atoms with van der Waals surface area (Å²) in [5, 5.41) is 6.83. The second-order valence-corrected chi connectivity index (χ2v) is 13.7. The van der Waals surface area contributed by atoms with Crippen LogP contribution in [0.2, 0.25) is 0 Å². The molecule has 0 bridgehead atoms. The van der Waals surface area contributed by atoms with Gasteiger partial charge in [-0.15, -0.1) is 0 Å². The number of halogens is 3. The van der Waals surface area contributed by atoms with Crippen molar-refractivity contribution in [2.45, 2.75) is 78.2 Å². The van der Waals surface area contributed by atoms with Crippen LogP contribution in [0.5, 0.6) is 23.0 Å². The number of methoxy groups -OCH3 is 3. The first-order valence-corrected chi connectivity index (χ1v) is 18.9. The van der Waals surface area contributed by atoms with E-state index in [0.717, 1.165) is 37.6 Å². The van der Waals surface area contributed by atoms with E-state index in [0.29, 0.717) is 55.2 Å². The first-order chi connectivity index (χ1) is 28.4. The molecular formula is C43H49F3N4O10. The summed E-state index contributed by atoms with van der Waals surface area (Å²) in [6.45, 7) is 9.97. The summed E-state index contributed by atoms with van der Waals surface area (Å²) in [4.78, 5) is 49.1. The van der Waals surface area contributed by atoms with Crippen LogP contribution in [0.15, 0.2) is 86.9 Å². The number of hydrogen-bond donors (Lipinski definition) is 1. The van der Waals surface area contributed by atoms with Crippen molar-refractivity contribution >= 4 is 17.8 Å². The fourth-order valence-corrected chi connectivity index (χ4v) is 5.92. The molecule has 17 heteroatoms. The largest absolute Gasteiger partial charge is 0.496 e. The molecule has 2 heterocycles. The highest BCUT2D eigenvalue weighted by Gasteiger charge is 2.35. The van der Waals surface area contributed by atoms with Crippen molar-refractivity contribution in [3.63, 3.8) is 0 Å². The highest BCUT2D eigenvalue weighted by atomic mass is 19.4. The summed E-state index contributed by atoms with van der Waals surface area (Å²) in [5.41, 5.74) is -0.735. The molecule has 14 nitrogen and oxygen atoms in total. The Kier molecular flexibility index (Phi) is 15.4. The van der Waals surface area contributed by atoms with E-state index < -0.39 is 35.2 Å². The van der Waals surface area contributed by atoms with E-state index in [1.165, 1.54) is 45.6 Å². The number of anilines is 1. The zero-order valence-electron chi connectivity index (χ0n) is 34.9. The summed E-state index contributed by atoms with van der Waals surface area (Å²) in [5.74, 6) is 1.10. The number of benzene rings is 3. The van der Waals surface area contributed by atoms with Gasteiger partial charge in [0.2, 0.25) is 5.88 Å². The number of carbonyl (C=O) groups is 2. The minimum absolute atomic E-state index is 0.0748. The average molecular weight is 839 g/mol. The van der Waals surface area contributed by atoms with Gasteiger partial charge in [0.05, 0.1) is 32.7 Å². The van der Waals surface area contributed by atoms with Gasteiger partial charge in [-0.05, 0) is 74.2 Å². The number of alkyl halides is 3. The van der Waals surface area contributed by atoms with Gasteiger partial charge in [-0.25, -0.2) is 14.2 Å². The van der Waals surface area contributed by atoms with Gasteiger partial charge in [0, 0.05) is 30.2 Å². The van der Waals surface area contributed by atoms with E-state index in [1.54, 1.807) is 31.2 Å². The second-order valence-electron chi connectivity index (χ2n) is 13.7. The van der Waals surface area contributed by atoms with Gasteiger partial charge in [-0.3, -0.25) is 19.5 Å². The molecule has 0 aliphatic carbocycles. The lowest BCUT2D eigenvalue weighted by Crippen LogP contribution is -2.40. The topological polar surface area (TPSA) is 162 Å². The Morgan fingerprint density at radius 1 is 0.883 bits per heavy atom. The van der Waals surface area contributed by atoms with Gasteiger partial charge in [0.1, 0.15) is 40.9 Å². The third kappa shape index (κ3) is 10.7. The summed E-state index contributed by atoms with van der Waals surface area (Å²) in [6.07, 6.45) is -3.04.